The van der Waals surface area contributed by atoms with E-state index in [0.717, 1.165) is 0 Å². The van der Waals surface area contributed by atoms with E-state index in [2.05, 4.69) is 5.32 Å². The van der Waals surface area contributed by atoms with Gasteiger partial charge in [0.1, 0.15) is 19.0 Å². The molecule has 0 bridgehead atoms. The van der Waals surface area contributed by atoms with Crippen molar-refractivity contribution in [2.24, 2.45) is 0 Å². The molecule has 0 fully saturated rings. The Kier molecular flexibility index (Phi) is 5.80. The van der Waals surface area contributed by atoms with Gasteiger partial charge in [-0.1, -0.05) is 12.1 Å². The van der Waals surface area contributed by atoms with Crippen LogP contribution in [0.2, 0.25) is 0 Å². The summed E-state index contributed by atoms with van der Waals surface area (Å²) in [6.45, 7) is 3.10. The van der Waals surface area contributed by atoms with Crippen molar-refractivity contribution in [3.8, 4) is 17.2 Å². The molecule has 1 N–H and O–H groups in total. The molecule has 0 saturated heterocycles. The van der Waals surface area contributed by atoms with E-state index in [0.29, 0.717) is 54.8 Å². The third-order valence-electron chi connectivity index (χ3n) is 4.19. The van der Waals surface area contributed by atoms with Crippen molar-refractivity contribution in [3.63, 3.8) is 0 Å². The van der Waals surface area contributed by atoms with Crippen LogP contribution in [0.3, 0.4) is 0 Å². The second-order valence-corrected chi connectivity index (χ2v) is 5.95. The number of amides is 2. The predicted molar refractivity (Wildman–Crippen MR) is 101 cm³/mol. The maximum atomic E-state index is 12.4. The lowest BCUT2D eigenvalue weighted by Gasteiger charge is -2.24. The highest BCUT2D eigenvalue weighted by atomic mass is 16.6. The Morgan fingerprint density at radius 2 is 1.85 bits per heavy atom. The van der Waals surface area contributed by atoms with Gasteiger partial charge in [-0.15, -0.1) is 0 Å². The Hall–Kier alpha value is -3.22. The minimum Gasteiger partial charge on any atom is -0.496 e. The zero-order valence-corrected chi connectivity index (χ0v) is 15.4. The molecule has 2 aromatic rings. The number of nitrogens with zero attached hydrogens (tertiary/aromatic N) is 1. The summed E-state index contributed by atoms with van der Waals surface area (Å²) in [6.07, 6.45) is 0. The number of rotatable bonds is 6. The lowest BCUT2D eigenvalue weighted by Crippen LogP contribution is -2.37. The first-order valence-electron chi connectivity index (χ1n) is 8.69. The Bertz CT molecular complexity index is 837. The lowest BCUT2D eigenvalue weighted by molar-refractivity contribution is -0.116. The molecule has 142 valence electrons. The minimum absolute atomic E-state index is 0.127. The molecular formula is C20H22N2O5. The van der Waals surface area contributed by atoms with Gasteiger partial charge in [-0.3, -0.25) is 9.59 Å². The van der Waals surface area contributed by atoms with Gasteiger partial charge in [-0.05, 0) is 24.3 Å². The topological polar surface area (TPSA) is 77.1 Å². The summed E-state index contributed by atoms with van der Waals surface area (Å²) in [7, 11) is 1.52. The molecule has 1 aliphatic rings. The number of carbonyl (C=O) groups excluding carboxylic acids is 2. The van der Waals surface area contributed by atoms with Gasteiger partial charge in [0, 0.05) is 31.8 Å². The van der Waals surface area contributed by atoms with Crippen LogP contribution >= 0.6 is 0 Å². The van der Waals surface area contributed by atoms with Crippen LogP contribution < -0.4 is 24.4 Å². The van der Waals surface area contributed by atoms with E-state index in [1.165, 1.54) is 14.0 Å². The molecule has 0 unspecified atom stereocenters. The smallest absolute Gasteiger partial charge is 0.255 e. The maximum absolute atomic E-state index is 12.4. The molecule has 7 nitrogen and oxygen atoms in total. The third-order valence-corrected chi connectivity index (χ3v) is 4.19. The molecule has 0 radical (unpaired) electrons. The Morgan fingerprint density at radius 3 is 2.59 bits per heavy atom. The summed E-state index contributed by atoms with van der Waals surface area (Å²) in [5.74, 6) is 1.41. The van der Waals surface area contributed by atoms with E-state index in [1.807, 2.05) is 0 Å². The number of anilines is 1. The number of hydrogen-bond acceptors (Lipinski definition) is 5. The fourth-order valence-electron chi connectivity index (χ4n) is 2.88. The summed E-state index contributed by atoms with van der Waals surface area (Å²) >= 11 is 0. The summed E-state index contributed by atoms with van der Waals surface area (Å²) in [5.41, 5.74) is 1.15. The molecule has 1 aliphatic heterocycles. The number of carbonyl (C=O) groups is 2. The van der Waals surface area contributed by atoms with Gasteiger partial charge < -0.3 is 24.4 Å². The van der Waals surface area contributed by atoms with Crippen molar-refractivity contribution < 1.29 is 23.8 Å². The largest absolute Gasteiger partial charge is 0.496 e. The zero-order valence-electron chi connectivity index (χ0n) is 15.4. The average molecular weight is 370 g/mol. The number of hydrogen-bond donors (Lipinski definition) is 1. The molecule has 2 amide bonds. The first kappa shape index (κ1) is 18.6. The van der Waals surface area contributed by atoms with Crippen LogP contribution in [0.5, 0.6) is 17.2 Å². The van der Waals surface area contributed by atoms with Gasteiger partial charge in [-0.2, -0.15) is 0 Å². The van der Waals surface area contributed by atoms with Crippen LogP contribution in [-0.4, -0.2) is 45.2 Å². The molecule has 0 aliphatic carbocycles. The molecular weight excluding hydrogens is 348 g/mol. The van der Waals surface area contributed by atoms with Crippen molar-refractivity contribution in [3.05, 3.63) is 48.0 Å². The van der Waals surface area contributed by atoms with Gasteiger partial charge in [0.05, 0.1) is 12.7 Å². The molecule has 0 spiro atoms. The maximum Gasteiger partial charge on any atom is 0.255 e. The fraction of sp³-hybridized carbons (Fsp3) is 0.300. The normalized spacial score (nSPS) is 12.2. The van der Waals surface area contributed by atoms with Crippen molar-refractivity contribution in [2.75, 3.05) is 38.3 Å². The van der Waals surface area contributed by atoms with Gasteiger partial charge in [0.2, 0.25) is 5.91 Å². The van der Waals surface area contributed by atoms with Crippen molar-refractivity contribution in [2.45, 2.75) is 6.92 Å². The Labute approximate surface area is 157 Å². The van der Waals surface area contributed by atoms with Gasteiger partial charge in [0.15, 0.2) is 11.5 Å². The van der Waals surface area contributed by atoms with Crippen LogP contribution in [0.4, 0.5) is 5.69 Å². The van der Waals surface area contributed by atoms with Crippen molar-refractivity contribution in [1.29, 1.82) is 0 Å². The van der Waals surface area contributed by atoms with Crippen LogP contribution in [-0.2, 0) is 4.79 Å². The van der Waals surface area contributed by atoms with E-state index in [9.17, 15) is 9.59 Å². The van der Waals surface area contributed by atoms with Crippen LogP contribution in [0.25, 0.3) is 0 Å². The average Bonchev–Trinajstić information content (AvgIpc) is 2.70. The summed E-state index contributed by atoms with van der Waals surface area (Å²) < 4.78 is 16.3. The van der Waals surface area contributed by atoms with E-state index in [4.69, 9.17) is 14.2 Å². The first-order valence-corrected chi connectivity index (χ1v) is 8.69. The fourth-order valence-corrected chi connectivity index (χ4v) is 2.88. The second-order valence-electron chi connectivity index (χ2n) is 5.95. The number of fused-ring (bicyclic) bond motifs is 1. The summed E-state index contributed by atoms with van der Waals surface area (Å²) in [6, 6.07) is 12.4. The number of nitrogens with one attached hydrogen (secondary N) is 1. The highest BCUT2D eigenvalue weighted by molar-refractivity contribution is 5.97. The third kappa shape index (κ3) is 4.31. The van der Waals surface area contributed by atoms with Gasteiger partial charge >= 0.3 is 0 Å². The predicted octanol–water partition coefficient (Wildman–Crippen LogP) is 2.25. The monoisotopic (exact) mass is 370 g/mol. The Morgan fingerprint density at radius 1 is 1.11 bits per heavy atom. The standard InChI is InChI=1S/C20H22N2O5/c1-14(23)22(15-7-8-18-19(13-15)27-12-11-26-18)10-9-21-20(24)16-5-3-4-6-17(16)25-2/h3-8,13H,9-12H2,1-2H3,(H,21,24). The summed E-state index contributed by atoms with van der Waals surface area (Å²) in [5, 5.41) is 2.82. The highest BCUT2D eigenvalue weighted by Crippen LogP contribution is 2.34. The zero-order chi connectivity index (χ0) is 19.2. The number of para-hydroxylation sites is 1. The van der Waals surface area contributed by atoms with Crippen molar-refractivity contribution in [1.82, 2.24) is 5.32 Å². The number of benzene rings is 2. The second kappa shape index (κ2) is 8.44. The molecule has 0 atom stereocenters. The van der Waals surface area contributed by atoms with Crippen LogP contribution in [0, 0.1) is 0 Å². The quantitative estimate of drug-likeness (QED) is 0.844. The molecule has 1 heterocycles. The summed E-state index contributed by atoms with van der Waals surface area (Å²) in [4.78, 5) is 26.0. The van der Waals surface area contributed by atoms with Crippen molar-refractivity contribution >= 4 is 17.5 Å². The van der Waals surface area contributed by atoms with E-state index < -0.39 is 0 Å². The van der Waals surface area contributed by atoms with E-state index in [-0.39, 0.29) is 11.8 Å². The number of ether oxygens (including phenoxy) is 3. The first-order chi connectivity index (χ1) is 13.1. The van der Waals surface area contributed by atoms with Gasteiger partial charge in [-0.25, -0.2) is 0 Å². The SMILES string of the molecule is COc1ccccc1C(=O)NCCN(C(C)=O)c1ccc2c(c1)OCCO2. The Balaban J connectivity index is 1.65. The van der Waals surface area contributed by atoms with Crippen LogP contribution in [0.15, 0.2) is 42.5 Å². The molecule has 2 aromatic carbocycles. The van der Waals surface area contributed by atoms with Gasteiger partial charge in [0.25, 0.3) is 5.91 Å². The van der Waals surface area contributed by atoms with E-state index in [1.54, 1.807) is 47.4 Å². The van der Waals surface area contributed by atoms with Crippen LogP contribution in [0.1, 0.15) is 17.3 Å². The molecule has 7 heteroatoms. The van der Waals surface area contributed by atoms with E-state index >= 15 is 0 Å². The molecule has 3 rings (SSSR count). The molecule has 0 aromatic heterocycles. The number of methoxy groups -OCH3 is 1. The minimum atomic E-state index is -0.252. The molecule has 0 saturated carbocycles. The lowest BCUT2D eigenvalue weighted by atomic mass is 10.2. The molecule has 27 heavy (non-hydrogen) atoms. The highest BCUT2D eigenvalue weighted by Gasteiger charge is 2.18.